The van der Waals surface area contributed by atoms with Gasteiger partial charge in [-0.15, -0.1) is 11.3 Å². The molecule has 162 valence electrons. The third-order valence-electron chi connectivity index (χ3n) is 5.85. The second-order valence-corrected chi connectivity index (χ2v) is 9.04. The lowest BCUT2D eigenvalue weighted by Crippen LogP contribution is -2.42. The van der Waals surface area contributed by atoms with Crippen LogP contribution < -0.4 is 10.1 Å². The van der Waals surface area contributed by atoms with Crippen molar-refractivity contribution in [2.45, 2.75) is 32.4 Å². The van der Waals surface area contributed by atoms with Gasteiger partial charge in [-0.1, -0.05) is 30.3 Å². The minimum absolute atomic E-state index is 0.00418. The Morgan fingerprint density at radius 3 is 2.81 bits per heavy atom. The highest BCUT2D eigenvalue weighted by Crippen LogP contribution is 2.32. The van der Waals surface area contributed by atoms with Gasteiger partial charge in [0.1, 0.15) is 10.8 Å². The molecule has 3 aromatic rings. The van der Waals surface area contributed by atoms with Crippen molar-refractivity contribution in [1.82, 2.24) is 15.2 Å². The van der Waals surface area contributed by atoms with Crippen molar-refractivity contribution in [3.8, 4) is 16.9 Å². The average Bonchev–Trinajstić information content (AvgIpc) is 3.32. The predicted octanol–water partition coefficient (Wildman–Crippen LogP) is 4.91. The molecule has 0 unspecified atom stereocenters. The van der Waals surface area contributed by atoms with Crippen LogP contribution in [-0.4, -0.2) is 36.0 Å². The van der Waals surface area contributed by atoms with E-state index in [2.05, 4.69) is 51.6 Å². The lowest BCUT2D eigenvalue weighted by atomic mass is 9.90. The first-order valence-electron chi connectivity index (χ1n) is 10.7. The number of methoxy groups -OCH3 is 1. The zero-order valence-electron chi connectivity index (χ0n) is 18.1. The van der Waals surface area contributed by atoms with Crippen LogP contribution in [0.1, 0.15) is 36.4 Å². The molecule has 1 amide bonds. The van der Waals surface area contributed by atoms with Crippen molar-refractivity contribution >= 4 is 17.2 Å². The van der Waals surface area contributed by atoms with Gasteiger partial charge in [-0.2, -0.15) is 0 Å². The molecule has 2 aromatic carbocycles. The van der Waals surface area contributed by atoms with Crippen molar-refractivity contribution in [2.24, 2.45) is 5.92 Å². The van der Waals surface area contributed by atoms with Crippen LogP contribution in [0.3, 0.4) is 0 Å². The first kappa shape index (κ1) is 21.5. The molecular formula is C25H29N3O2S. The lowest BCUT2D eigenvalue weighted by Gasteiger charge is -2.36. The Bertz CT molecular complexity index is 988. The Hall–Kier alpha value is -2.70. The third-order valence-corrected chi connectivity index (χ3v) is 6.70. The summed E-state index contributed by atoms with van der Waals surface area (Å²) < 4.78 is 5.27. The van der Waals surface area contributed by atoms with Crippen molar-refractivity contribution in [3.05, 3.63) is 70.7 Å². The lowest BCUT2D eigenvalue weighted by molar-refractivity contribution is -0.120. The van der Waals surface area contributed by atoms with Gasteiger partial charge in [0, 0.05) is 31.6 Å². The highest BCUT2D eigenvalue weighted by Gasteiger charge is 2.30. The Balaban J connectivity index is 1.46. The molecule has 1 aliphatic rings. The number of nitrogens with zero attached hydrogens (tertiary/aromatic N) is 2. The SMILES string of the molecule is COc1ccc(-c2cccc(CN3CCC[C@H]([C@H](NC(C)=O)c4nccs4)C3)c2)cc1. The minimum Gasteiger partial charge on any atom is -0.497 e. The van der Waals surface area contributed by atoms with Gasteiger partial charge < -0.3 is 10.1 Å². The fraction of sp³-hybridized carbons (Fsp3) is 0.360. The number of hydrogen-bond acceptors (Lipinski definition) is 5. The quantitative estimate of drug-likeness (QED) is 0.573. The number of hydrogen-bond donors (Lipinski definition) is 1. The van der Waals surface area contributed by atoms with E-state index in [4.69, 9.17) is 4.74 Å². The predicted molar refractivity (Wildman–Crippen MR) is 125 cm³/mol. The topological polar surface area (TPSA) is 54.5 Å². The number of nitrogens with one attached hydrogen (secondary N) is 1. The first-order valence-corrected chi connectivity index (χ1v) is 11.6. The van der Waals surface area contributed by atoms with Gasteiger partial charge in [0.05, 0.1) is 13.2 Å². The summed E-state index contributed by atoms with van der Waals surface area (Å²) in [5.74, 6) is 1.24. The molecule has 6 heteroatoms. The maximum absolute atomic E-state index is 11.8. The smallest absolute Gasteiger partial charge is 0.217 e. The summed E-state index contributed by atoms with van der Waals surface area (Å²) >= 11 is 1.62. The number of carbonyl (C=O) groups excluding carboxylic acids is 1. The number of aromatic nitrogens is 1. The van der Waals surface area contributed by atoms with E-state index in [1.54, 1.807) is 25.4 Å². The molecule has 1 fully saturated rings. The number of amides is 1. The van der Waals surface area contributed by atoms with Crippen LogP contribution in [0, 0.1) is 5.92 Å². The van der Waals surface area contributed by atoms with E-state index in [0.29, 0.717) is 5.92 Å². The molecule has 0 radical (unpaired) electrons. The summed E-state index contributed by atoms with van der Waals surface area (Å²) in [5.41, 5.74) is 3.71. The number of thiazole rings is 1. The molecule has 0 bridgehead atoms. The van der Waals surface area contributed by atoms with Gasteiger partial charge in [0.15, 0.2) is 0 Å². The van der Waals surface area contributed by atoms with Gasteiger partial charge in [0.25, 0.3) is 0 Å². The summed E-state index contributed by atoms with van der Waals surface area (Å²) in [6, 6.07) is 16.9. The van der Waals surface area contributed by atoms with Crippen molar-refractivity contribution in [2.75, 3.05) is 20.2 Å². The molecule has 0 aliphatic carbocycles. The Morgan fingerprint density at radius 2 is 2.10 bits per heavy atom. The molecule has 5 nitrogen and oxygen atoms in total. The Morgan fingerprint density at radius 1 is 1.26 bits per heavy atom. The summed E-state index contributed by atoms with van der Waals surface area (Å²) in [6.07, 6.45) is 4.05. The summed E-state index contributed by atoms with van der Waals surface area (Å²) in [5, 5.41) is 6.13. The molecular weight excluding hydrogens is 406 g/mol. The number of piperidine rings is 1. The van der Waals surface area contributed by atoms with Crippen LogP contribution in [0.25, 0.3) is 11.1 Å². The van der Waals surface area contributed by atoms with E-state index in [1.165, 1.54) is 16.7 Å². The molecule has 1 saturated heterocycles. The molecule has 1 aromatic heterocycles. The van der Waals surface area contributed by atoms with Gasteiger partial charge >= 0.3 is 0 Å². The first-order chi connectivity index (χ1) is 15.1. The summed E-state index contributed by atoms with van der Waals surface area (Å²) in [4.78, 5) is 18.8. The fourth-order valence-corrected chi connectivity index (χ4v) is 5.17. The maximum Gasteiger partial charge on any atom is 0.217 e. The molecule has 1 aliphatic heterocycles. The standard InChI is InChI=1S/C25H29N3O2S/c1-18(29)27-24(25-26-12-14-31-25)22-7-4-13-28(17-22)16-19-5-3-6-21(15-19)20-8-10-23(30-2)11-9-20/h3,5-6,8-12,14-15,22,24H,4,7,13,16-17H2,1-2H3,(H,27,29)/t22-,24-/m0/s1. The monoisotopic (exact) mass is 435 g/mol. The van der Waals surface area contributed by atoms with E-state index < -0.39 is 0 Å². The van der Waals surface area contributed by atoms with Gasteiger partial charge in [0.2, 0.25) is 5.91 Å². The van der Waals surface area contributed by atoms with E-state index >= 15 is 0 Å². The van der Waals surface area contributed by atoms with Crippen LogP contribution in [0.5, 0.6) is 5.75 Å². The molecule has 0 spiro atoms. The normalized spacial score (nSPS) is 17.8. The number of rotatable bonds is 7. The van der Waals surface area contributed by atoms with E-state index in [1.807, 2.05) is 23.7 Å². The van der Waals surface area contributed by atoms with Crippen LogP contribution in [0.2, 0.25) is 0 Å². The van der Waals surface area contributed by atoms with Crippen molar-refractivity contribution < 1.29 is 9.53 Å². The summed E-state index contributed by atoms with van der Waals surface area (Å²) in [7, 11) is 1.69. The summed E-state index contributed by atoms with van der Waals surface area (Å²) in [6.45, 7) is 4.53. The zero-order valence-corrected chi connectivity index (χ0v) is 18.9. The van der Waals surface area contributed by atoms with Gasteiger partial charge in [-0.3, -0.25) is 9.69 Å². The van der Waals surface area contributed by atoms with Crippen molar-refractivity contribution in [1.29, 1.82) is 0 Å². The van der Waals surface area contributed by atoms with Gasteiger partial charge in [-0.05, 0) is 60.2 Å². The third kappa shape index (κ3) is 5.51. The number of carbonyl (C=O) groups is 1. The van der Waals surface area contributed by atoms with Crippen LogP contribution >= 0.6 is 11.3 Å². The maximum atomic E-state index is 11.8. The van der Waals surface area contributed by atoms with Crippen LogP contribution in [-0.2, 0) is 11.3 Å². The molecule has 2 heterocycles. The highest BCUT2D eigenvalue weighted by molar-refractivity contribution is 7.09. The Labute approximate surface area is 188 Å². The second kappa shape index (κ2) is 10.1. The van der Waals surface area contributed by atoms with E-state index in [-0.39, 0.29) is 11.9 Å². The minimum atomic E-state index is -0.00839. The van der Waals surface area contributed by atoms with Crippen LogP contribution in [0.4, 0.5) is 0 Å². The average molecular weight is 436 g/mol. The fourth-order valence-electron chi connectivity index (χ4n) is 4.39. The Kier molecular flexibility index (Phi) is 6.99. The zero-order chi connectivity index (χ0) is 21.6. The largest absolute Gasteiger partial charge is 0.497 e. The second-order valence-electron chi connectivity index (χ2n) is 8.11. The van der Waals surface area contributed by atoms with E-state index in [0.717, 1.165) is 43.2 Å². The van der Waals surface area contributed by atoms with Crippen LogP contribution in [0.15, 0.2) is 60.1 Å². The molecule has 0 saturated carbocycles. The molecule has 31 heavy (non-hydrogen) atoms. The van der Waals surface area contributed by atoms with Gasteiger partial charge in [-0.25, -0.2) is 4.98 Å². The number of ether oxygens (including phenoxy) is 1. The van der Waals surface area contributed by atoms with Crippen molar-refractivity contribution in [3.63, 3.8) is 0 Å². The van der Waals surface area contributed by atoms with E-state index in [9.17, 15) is 4.79 Å². The molecule has 1 N–H and O–H groups in total. The highest BCUT2D eigenvalue weighted by atomic mass is 32.1. The number of benzene rings is 2. The molecule has 2 atom stereocenters. The number of likely N-dealkylation sites (tertiary alicyclic amines) is 1. The molecule has 4 rings (SSSR count).